The van der Waals surface area contributed by atoms with Crippen LogP contribution in [0.5, 0.6) is 0 Å². The normalized spacial score (nSPS) is 12.0. The molecule has 0 aliphatic carbocycles. The number of hydrogen-bond donors (Lipinski definition) is 1. The number of rotatable bonds is 5. The summed E-state index contributed by atoms with van der Waals surface area (Å²) in [5.74, 6) is -0.0351. The summed E-state index contributed by atoms with van der Waals surface area (Å²) in [6, 6.07) is 6.96. The van der Waals surface area contributed by atoms with E-state index in [1.165, 1.54) is 18.2 Å². The lowest BCUT2D eigenvalue weighted by Crippen LogP contribution is -2.28. The molecule has 2 aromatic heterocycles. The Balaban J connectivity index is 1.65. The smallest absolute Gasteiger partial charge is 0.249 e. The minimum Gasteiger partial charge on any atom is -0.344 e. The van der Waals surface area contributed by atoms with Crippen molar-refractivity contribution in [1.29, 1.82) is 0 Å². The van der Waals surface area contributed by atoms with E-state index in [2.05, 4.69) is 20.4 Å². The van der Waals surface area contributed by atoms with E-state index in [-0.39, 0.29) is 23.2 Å². The van der Waals surface area contributed by atoms with Gasteiger partial charge in [-0.05, 0) is 36.8 Å². The lowest BCUT2D eigenvalue weighted by molar-refractivity contribution is -0.121. The van der Waals surface area contributed by atoms with Crippen molar-refractivity contribution in [2.45, 2.75) is 19.4 Å². The highest BCUT2D eigenvalue weighted by atomic mass is 35.5. The van der Waals surface area contributed by atoms with E-state index in [4.69, 9.17) is 16.1 Å². The molecule has 1 unspecified atom stereocenters. The molecule has 1 amide bonds. The van der Waals surface area contributed by atoms with E-state index in [9.17, 15) is 9.18 Å². The number of aromatic nitrogens is 3. The van der Waals surface area contributed by atoms with Crippen LogP contribution in [0, 0.1) is 5.82 Å². The molecule has 1 aromatic carbocycles. The Morgan fingerprint density at radius 1 is 1.32 bits per heavy atom. The van der Waals surface area contributed by atoms with Crippen molar-refractivity contribution < 1.29 is 13.7 Å². The zero-order valence-corrected chi connectivity index (χ0v) is 14.0. The molecule has 2 heterocycles. The number of halogens is 2. The lowest BCUT2D eigenvalue weighted by Gasteiger charge is -2.10. The maximum Gasteiger partial charge on any atom is 0.249 e. The first-order valence-electron chi connectivity index (χ1n) is 7.50. The van der Waals surface area contributed by atoms with Crippen molar-refractivity contribution in [1.82, 2.24) is 20.4 Å². The molecule has 0 spiro atoms. The maximum absolute atomic E-state index is 13.0. The van der Waals surface area contributed by atoms with Gasteiger partial charge in [0.15, 0.2) is 0 Å². The molecule has 1 N–H and O–H groups in total. The van der Waals surface area contributed by atoms with E-state index in [0.29, 0.717) is 11.4 Å². The largest absolute Gasteiger partial charge is 0.344 e. The number of amides is 1. The number of carbonyl (C=O) groups excluding carboxylic acids is 1. The Morgan fingerprint density at radius 3 is 2.80 bits per heavy atom. The fourth-order valence-electron chi connectivity index (χ4n) is 2.22. The monoisotopic (exact) mass is 360 g/mol. The van der Waals surface area contributed by atoms with Gasteiger partial charge in [0, 0.05) is 23.0 Å². The van der Waals surface area contributed by atoms with Crippen LogP contribution in [0.25, 0.3) is 11.4 Å². The predicted molar refractivity (Wildman–Crippen MR) is 89.2 cm³/mol. The molecule has 0 aliphatic heterocycles. The maximum atomic E-state index is 13.0. The highest BCUT2D eigenvalue weighted by molar-refractivity contribution is 6.31. The van der Waals surface area contributed by atoms with Crippen LogP contribution in [0.1, 0.15) is 24.4 Å². The zero-order valence-electron chi connectivity index (χ0n) is 13.2. The minimum absolute atomic E-state index is 0.0226. The Bertz CT molecular complexity index is 885. The summed E-state index contributed by atoms with van der Waals surface area (Å²) in [5.41, 5.74) is 1.30. The summed E-state index contributed by atoms with van der Waals surface area (Å²) in [6.45, 7) is 1.73. The lowest BCUT2D eigenvalue weighted by atomic mass is 10.1. The topological polar surface area (TPSA) is 80.9 Å². The Hall–Kier alpha value is -2.80. The number of carbonyl (C=O) groups is 1. The van der Waals surface area contributed by atoms with Gasteiger partial charge in [0.05, 0.1) is 6.42 Å². The molecule has 0 fully saturated rings. The molecule has 25 heavy (non-hydrogen) atoms. The molecule has 128 valence electrons. The Morgan fingerprint density at radius 2 is 2.08 bits per heavy atom. The van der Waals surface area contributed by atoms with Gasteiger partial charge in [0.2, 0.25) is 17.6 Å². The summed E-state index contributed by atoms with van der Waals surface area (Å²) in [6.07, 6.45) is 3.28. The van der Waals surface area contributed by atoms with Crippen molar-refractivity contribution in [2.75, 3.05) is 0 Å². The number of nitrogens with zero attached hydrogens (tertiary/aromatic N) is 3. The number of hydrogen-bond acceptors (Lipinski definition) is 5. The third-order valence-corrected chi connectivity index (χ3v) is 3.85. The average molecular weight is 361 g/mol. The van der Waals surface area contributed by atoms with Crippen LogP contribution < -0.4 is 5.32 Å². The van der Waals surface area contributed by atoms with Crippen molar-refractivity contribution in [2.24, 2.45) is 0 Å². The second-order valence-corrected chi connectivity index (χ2v) is 5.80. The van der Waals surface area contributed by atoms with Crippen molar-refractivity contribution in [3.63, 3.8) is 0 Å². The number of nitrogens with one attached hydrogen (secondary N) is 1. The van der Waals surface area contributed by atoms with Crippen LogP contribution >= 0.6 is 11.6 Å². The summed E-state index contributed by atoms with van der Waals surface area (Å²) >= 11 is 5.93. The van der Waals surface area contributed by atoms with Crippen molar-refractivity contribution >= 4 is 17.5 Å². The summed E-state index contributed by atoms with van der Waals surface area (Å²) in [5, 5.41) is 6.85. The molecule has 3 aromatic rings. The van der Waals surface area contributed by atoms with Crippen molar-refractivity contribution in [3.05, 3.63) is 65.0 Å². The van der Waals surface area contributed by atoms with E-state index in [0.717, 1.165) is 5.56 Å². The molecule has 0 saturated carbocycles. The minimum atomic E-state index is -0.477. The van der Waals surface area contributed by atoms with Crippen LogP contribution in [0.4, 0.5) is 4.39 Å². The number of benzene rings is 1. The van der Waals surface area contributed by atoms with Gasteiger partial charge in [0.25, 0.3) is 0 Å². The van der Waals surface area contributed by atoms with Crippen molar-refractivity contribution in [3.8, 4) is 11.4 Å². The molecule has 1 atom stereocenters. The van der Waals surface area contributed by atoms with Gasteiger partial charge >= 0.3 is 0 Å². The van der Waals surface area contributed by atoms with Crippen LogP contribution in [-0.4, -0.2) is 21.0 Å². The summed E-state index contributed by atoms with van der Waals surface area (Å²) in [7, 11) is 0. The highest BCUT2D eigenvalue weighted by Gasteiger charge is 2.18. The molecule has 0 saturated heterocycles. The Kier molecular flexibility index (Phi) is 5.04. The first-order chi connectivity index (χ1) is 12.0. The van der Waals surface area contributed by atoms with E-state index >= 15 is 0 Å². The summed E-state index contributed by atoms with van der Waals surface area (Å²) < 4.78 is 18.2. The highest BCUT2D eigenvalue weighted by Crippen LogP contribution is 2.20. The molecule has 0 aliphatic rings. The van der Waals surface area contributed by atoms with Gasteiger partial charge in [-0.2, -0.15) is 4.98 Å². The first kappa shape index (κ1) is 17.0. The fraction of sp³-hybridized carbons (Fsp3) is 0.176. The van der Waals surface area contributed by atoms with Gasteiger partial charge in [-0.1, -0.05) is 22.8 Å². The molecule has 3 rings (SSSR count). The molecule has 8 heteroatoms. The van der Waals surface area contributed by atoms with Crippen LogP contribution in [0.2, 0.25) is 5.02 Å². The zero-order chi connectivity index (χ0) is 17.8. The SMILES string of the molecule is CC(NC(=O)Cc1ccc(F)cc1Cl)c1nc(-c2ccncc2)no1. The standard InChI is InChI=1S/C17H14ClFN4O2/c1-10(17-22-16(23-25-17)11-4-6-20-7-5-11)21-15(24)8-12-2-3-13(19)9-14(12)18/h2-7,9-10H,8H2,1H3,(H,21,24). The quantitative estimate of drug-likeness (QED) is 0.754. The molecular weight excluding hydrogens is 347 g/mol. The second kappa shape index (κ2) is 7.40. The predicted octanol–water partition coefficient (Wildman–Crippen LogP) is 3.34. The molecule has 0 bridgehead atoms. The second-order valence-electron chi connectivity index (χ2n) is 5.39. The van der Waals surface area contributed by atoms with Gasteiger partial charge in [-0.25, -0.2) is 4.39 Å². The van der Waals surface area contributed by atoms with Crippen LogP contribution in [0.15, 0.2) is 47.2 Å². The third kappa shape index (κ3) is 4.19. The number of pyridine rings is 1. The average Bonchev–Trinajstić information content (AvgIpc) is 3.08. The van der Waals surface area contributed by atoms with Crippen LogP contribution in [0.3, 0.4) is 0 Å². The van der Waals surface area contributed by atoms with Gasteiger partial charge in [0.1, 0.15) is 11.9 Å². The molecule has 0 radical (unpaired) electrons. The van der Waals surface area contributed by atoms with Gasteiger partial charge < -0.3 is 9.84 Å². The van der Waals surface area contributed by atoms with Gasteiger partial charge in [-0.3, -0.25) is 9.78 Å². The van der Waals surface area contributed by atoms with E-state index in [1.807, 2.05) is 0 Å². The van der Waals surface area contributed by atoms with E-state index < -0.39 is 11.9 Å². The fourth-order valence-corrected chi connectivity index (χ4v) is 2.46. The van der Waals surface area contributed by atoms with Gasteiger partial charge in [-0.15, -0.1) is 0 Å². The molecular formula is C17H14ClFN4O2. The molecule has 6 nitrogen and oxygen atoms in total. The van der Waals surface area contributed by atoms with Crippen LogP contribution in [-0.2, 0) is 11.2 Å². The first-order valence-corrected chi connectivity index (χ1v) is 7.88. The summed E-state index contributed by atoms with van der Waals surface area (Å²) in [4.78, 5) is 20.3. The third-order valence-electron chi connectivity index (χ3n) is 3.49. The van der Waals surface area contributed by atoms with E-state index in [1.54, 1.807) is 31.5 Å². The Labute approximate surface area is 148 Å².